The van der Waals surface area contributed by atoms with Crippen LogP contribution in [-0.4, -0.2) is 30.9 Å². The fraction of sp³-hybridized carbons (Fsp3) is 0.467. The Morgan fingerprint density at radius 2 is 2.10 bits per heavy atom. The molecule has 0 saturated heterocycles. The van der Waals surface area contributed by atoms with Gasteiger partial charge in [-0.1, -0.05) is 0 Å². The van der Waals surface area contributed by atoms with Crippen molar-refractivity contribution in [1.82, 2.24) is 9.97 Å². The number of rotatable bonds is 3. The highest BCUT2D eigenvalue weighted by Gasteiger charge is 2.49. The lowest BCUT2D eigenvalue weighted by atomic mass is 10.1. The van der Waals surface area contributed by atoms with E-state index in [0.717, 1.165) is 41.1 Å². The molecule has 0 amide bonds. The fourth-order valence-electron chi connectivity index (χ4n) is 2.90. The van der Waals surface area contributed by atoms with Gasteiger partial charge in [-0.2, -0.15) is 0 Å². The van der Waals surface area contributed by atoms with Gasteiger partial charge in [0.25, 0.3) is 0 Å². The third-order valence-corrected chi connectivity index (χ3v) is 4.04. The Kier molecular flexibility index (Phi) is 2.60. The van der Waals surface area contributed by atoms with Crippen LogP contribution in [0.1, 0.15) is 12.2 Å². The van der Waals surface area contributed by atoms with E-state index in [4.69, 9.17) is 9.47 Å². The second-order valence-corrected chi connectivity index (χ2v) is 5.86. The van der Waals surface area contributed by atoms with Gasteiger partial charge in [-0.3, -0.25) is 0 Å². The van der Waals surface area contributed by atoms with E-state index in [1.807, 2.05) is 38.1 Å². The Hall–Kier alpha value is -2.24. The molecule has 2 atom stereocenters. The normalized spacial score (nSPS) is 25.4. The van der Waals surface area contributed by atoms with Crippen molar-refractivity contribution in [3.8, 4) is 0 Å². The molecule has 1 saturated carbocycles. The Balaban J connectivity index is 1.62. The van der Waals surface area contributed by atoms with Crippen molar-refractivity contribution in [3.05, 3.63) is 35.2 Å². The molecular formula is C15H18N4O2. The number of allylic oxidation sites excluding steroid dienone is 3. The van der Waals surface area contributed by atoms with E-state index in [1.54, 1.807) is 0 Å². The number of anilines is 2. The first-order valence-electron chi connectivity index (χ1n) is 7.13. The van der Waals surface area contributed by atoms with Crippen LogP contribution in [0, 0.1) is 18.8 Å². The summed E-state index contributed by atoms with van der Waals surface area (Å²) in [6.07, 6.45) is 3.16. The fourth-order valence-corrected chi connectivity index (χ4v) is 2.90. The van der Waals surface area contributed by atoms with Crippen molar-refractivity contribution in [2.75, 3.05) is 31.1 Å². The van der Waals surface area contributed by atoms with Gasteiger partial charge in [-0.15, -0.1) is 0 Å². The van der Waals surface area contributed by atoms with Gasteiger partial charge in [0, 0.05) is 43.8 Å². The van der Waals surface area contributed by atoms with Crippen LogP contribution < -0.4 is 10.2 Å². The zero-order valence-electron chi connectivity index (χ0n) is 12.4. The van der Waals surface area contributed by atoms with Crippen molar-refractivity contribution < 1.29 is 9.47 Å². The molecule has 1 N–H and O–H groups in total. The first kappa shape index (κ1) is 12.5. The minimum absolute atomic E-state index is 0.342. The monoisotopic (exact) mass is 286 g/mol. The zero-order chi connectivity index (χ0) is 14.6. The van der Waals surface area contributed by atoms with Crippen molar-refractivity contribution in [3.63, 3.8) is 0 Å². The first-order valence-corrected chi connectivity index (χ1v) is 7.13. The quantitative estimate of drug-likeness (QED) is 0.917. The maximum absolute atomic E-state index is 5.53. The Morgan fingerprint density at radius 3 is 2.90 bits per heavy atom. The summed E-state index contributed by atoms with van der Waals surface area (Å²) >= 11 is 0. The van der Waals surface area contributed by atoms with Gasteiger partial charge in [-0.25, -0.2) is 9.97 Å². The molecule has 110 valence electrons. The van der Waals surface area contributed by atoms with Gasteiger partial charge in [0.05, 0.1) is 0 Å². The highest BCUT2D eigenvalue weighted by molar-refractivity contribution is 5.54. The van der Waals surface area contributed by atoms with E-state index in [1.165, 1.54) is 0 Å². The predicted octanol–water partition coefficient (Wildman–Crippen LogP) is 2.01. The number of fused-ring (bicyclic) bond motifs is 2. The van der Waals surface area contributed by atoms with Crippen LogP contribution in [0.15, 0.2) is 29.4 Å². The minimum atomic E-state index is 0.342. The number of hydrogen-bond acceptors (Lipinski definition) is 6. The van der Waals surface area contributed by atoms with Crippen LogP contribution in [0.2, 0.25) is 0 Å². The van der Waals surface area contributed by atoms with Crippen LogP contribution in [0.4, 0.5) is 11.6 Å². The third kappa shape index (κ3) is 2.11. The Morgan fingerprint density at radius 1 is 1.24 bits per heavy atom. The summed E-state index contributed by atoms with van der Waals surface area (Å²) in [6, 6.07) is 1.96. The lowest BCUT2D eigenvalue weighted by molar-refractivity contribution is 0.0707. The average molecular weight is 286 g/mol. The molecule has 0 aromatic carbocycles. The molecule has 1 fully saturated rings. The summed E-state index contributed by atoms with van der Waals surface area (Å²) in [7, 11) is 3.95. The molecule has 6 nitrogen and oxygen atoms in total. The lowest BCUT2D eigenvalue weighted by Gasteiger charge is -2.17. The van der Waals surface area contributed by atoms with Gasteiger partial charge in [0.1, 0.15) is 23.2 Å². The molecule has 2 unspecified atom stereocenters. The Bertz CT molecular complexity index is 666. The number of aryl methyl sites for hydroxylation is 1. The smallest absolute Gasteiger partial charge is 0.230 e. The van der Waals surface area contributed by atoms with Gasteiger partial charge in [-0.05, 0) is 13.3 Å². The first-order chi connectivity index (χ1) is 10.1. The van der Waals surface area contributed by atoms with Gasteiger partial charge in [0.2, 0.25) is 6.79 Å². The van der Waals surface area contributed by atoms with Gasteiger partial charge < -0.3 is 19.7 Å². The van der Waals surface area contributed by atoms with Crippen molar-refractivity contribution in [2.45, 2.75) is 13.3 Å². The maximum atomic E-state index is 5.53. The van der Waals surface area contributed by atoms with E-state index >= 15 is 0 Å². The van der Waals surface area contributed by atoms with E-state index in [2.05, 4.69) is 15.3 Å². The summed E-state index contributed by atoms with van der Waals surface area (Å²) in [5.74, 6) is 5.36. The molecular weight excluding hydrogens is 268 g/mol. The van der Waals surface area contributed by atoms with Crippen LogP contribution in [0.5, 0.6) is 0 Å². The molecule has 1 aromatic heterocycles. The summed E-state index contributed by atoms with van der Waals surface area (Å²) in [5, 5.41) is 3.43. The van der Waals surface area contributed by atoms with Crippen LogP contribution in [-0.2, 0) is 9.47 Å². The zero-order valence-corrected chi connectivity index (χ0v) is 12.4. The number of nitrogens with zero attached hydrogens (tertiary/aromatic N) is 3. The second-order valence-electron chi connectivity index (χ2n) is 5.86. The molecule has 2 aliphatic carbocycles. The molecule has 1 aromatic rings. The lowest BCUT2D eigenvalue weighted by Crippen LogP contribution is -2.14. The summed E-state index contributed by atoms with van der Waals surface area (Å²) in [4.78, 5) is 10.9. The standard InChI is InChI=1S/C15H18N4O2/c1-8-16-13(6-14(17-8)19(2)3)18-11-5-12-15(21-7-20-12)10-4-9(10)11/h5-6,9-10H,4,7H2,1-3H3,(H,16,17,18). The molecule has 2 heterocycles. The molecule has 21 heavy (non-hydrogen) atoms. The average Bonchev–Trinajstić information content (AvgIpc) is 3.11. The highest BCUT2D eigenvalue weighted by Crippen LogP contribution is 2.54. The van der Waals surface area contributed by atoms with Crippen molar-refractivity contribution >= 4 is 11.6 Å². The summed E-state index contributed by atoms with van der Waals surface area (Å²) < 4.78 is 11.0. The molecule has 0 spiro atoms. The molecule has 6 heteroatoms. The summed E-state index contributed by atoms with van der Waals surface area (Å²) in [6.45, 7) is 2.25. The largest absolute Gasteiger partial charge is 0.458 e. The summed E-state index contributed by atoms with van der Waals surface area (Å²) in [5.41, 5.74) is 1.16. The van der Waals surface area contributed by atoms with Crippen LogP contribution in [0.25, 0.3) is 0 Å². The van der Waals surface area contributed by atoms with E-state index < -0.39 is 0 Å². The molecule has 4 rings (SSSR count). The maximum Gasteiger partial charge on any atom is 0.230 e. The van der Waals surface area contributed by atoms with Crippen LogP contribution >= 0.6 is 0 Å². The third-order valence-electron chi connectivity index (χ3n) is 4.04. The molecule has 0 bridgehead atoms. The molecule has 3 aliphatic rings. The Labute approximate surface area is 123 Å². The number of hydrogen-bond donors (Lipinski definition) is 1. The minimum Gasteiger partial charge on any atom is -0.458 e. The van der Waals surface area contributed by atoms with E-state index in [0.29, 0.717) is 18.6 Å². The molecule has 1 aliphatic heterocycles. The van der Waals surface area contributed by atoms with Crippen LogP contribution in [0.3, 0.4) is 0 Å². The molecule has 0 radical (unpaired) electrons. The predicted molar refractivity (Wildman–Crippen MR) is 78.5 cm³/mol. The van der Waals surface area contributed by atoms with Crippen molar-refractivity contribution in [2.24, 2.45) is 11.8 Å². The number of nitrogens with one attached hydrogen (secondary N) is 1. The highest BCUT2D eigenvalue weighted by atomic mass is 16.7. The van der Waals surface area contributed by atoms with Gasteiger partial charge in [0.15, 0.2) is 5.76 Å². The van der Waals surface area contributed by atoms with E-state index in [9.17, 15) is 0 Å². The topological polar surface area (TPSA) is 59.5 Å². The number of aromatic nitrogens is 2. The second kappa shape index (κ2) is 4.38. The van der Waals surface area contributed by atoms with Crippen molar-refractivity contribution in [1.29, 1.82) is 0 Å². The number of ether oxygens (including phenoxy) is 2. The SMILES string of the molecule is Cc1nc(NC2=CC3=C(OCO3)C3CC23)cc(N(C)C)n1. The van der Waals surface area contributed by atoms with E-state index in [-0.39, 0.29) is 0 Å². The van der Waals surface area contributed by atoms with Gasteiger partial charge >= 0.3 is 0 Å².